The second-order valence-electron chi connectivity index (χ2n) is 6.60. The minimum Gasteiger partial charge on any atom is -0.393 e. The van der Waals surface area contributed by atoms with E-state index in [2.05, 4.69) is 14.4 Å². The maximum absolute atomic E-state index is 11.7. The van der Waals surface area contributed by atoms with E-state index < -0.39 is 16.3 Å². The van der Waals surface area contributed by atoms with Gasteiger partial charge in [0.15, 0.2) is 0 Å². The third-order valence-corrected chi connectivity index (χ3v) is 5.32. The van der Waals surface area contributed by atoms with Gasteiger partial charge in [-0.05, 0) is 24.6 Å². The molecule has 0 saturated carbocycles. The highest BCUT2D eigenvalue weighted by molar-refractivity contribution is 7.90. The second kappa shape index (κ2) is 8.55. The van der Waals surface area contributed by atoms with E-state index in [1.807, 2.05) is 41.0 Å². The Balaban J connectivity index is 1.91. The van der Waals surface area contributed by atoms with E-state index in [0.29, 0.717) is 18.7 Å². The van der Waals surface area contributed by atoms with Gasteiger partial charge >= 0.3 is 0 Å². The van der Waals surface area contributed by atoms with Crippen LogP contribution in [0.15, 0.2) is 60.9 Å². The Morgan fingerprint density at radius 3 is 2.57 bits per heavy atom. The first-order valence-corrected chi connectivity index (χ1v) is 10.4. The van der Waals surface area contributed by atoms with Gasteiger partial charge in [-0.2, -0.15) is 8.42 Å². The van der Waals surface area contributed by atoms with Crippen molar-refractivity contribution >= 4 is 15.9 Å². The Hall–Kier alpha value is -2.68. The number of hydrogen-bond donors (Lipinski definition) is 3. The zero-order chi connectivity index (χ0) is 20.1. The highest BCUT2D eigenvalue weighted by Crippen LogP contribution is 2.24. The highest BCUT2D eigenvalue weighted by Gasteiger charge is 2.15. The molecule has 148 valence electrons. The van der Waals surface area contributed by atoms with Crippen LogP contribution in [-0.2, 0) is 23.2 Å². The van der Waals surface area contributed by atoms with Crippen LogP contribution in [0.2, 0.25) is 0 Å². The number of nitrogens with one attached hydrogen (secondary N) is 2. The van der Waals surface area contributed by atoms with E-state index >= 15 is 0 Å². The SMILES string of the molecule is CNS(=O)(=O)Nc1cccc(Cn2cnc(-c3ccccc3)c2CC(C)O)c1. The summed E-state index contributed by atoms with van der Waals surface area (Å²) in [5.41, 5.74) is 4.16. The molecule has 1 atom stereocenters. The van der Waals surface area contributed by atoms with E-state index in [0.717, 1.165) is 22.5 Å². The summed E-state index contributed by atoms with van der Waals surface area (Å²) in [6.45, 7) is 2.26. The van der Waals surface area contributed by atoms with E-state index in [-0.39, 0.29) is 0 Å². The van der Waals surface area contributed by atoms with Crippen molar-refractivity contribution in [2.45, 2.75) is 26.0 Å². The van der Waals surface area contributed by atoms with Crippen molar-refractivity contribution in [3.8, 4) is 11.3 Å². The molecule has 28 heavy (non-hydrogen) atoms. The number of hydrogen-bond acceptors (Lipinski definition) is 4. The average Bonchev–Trinajstić information content (AvgIpc) is 3.04. The first kappa shape index (κ1) is 20.1. The van der Waals surface area contributed by atoms with Gasteiger partial charge in [-0.15, -0.1) is 0 Å². The topological polar surface area (TPSA) is 96.3 Å². The molecule has 3 rings (SSSR count). The van der Waals surface area contributed by atoms with E-state index in [4.69, 9.17) is 0 Å². The predicted octanol–water partition coefficient (Wildman–Crippen LogP) is 2.40. The molecular formula is C20H24N4O3S. The number of nitrogens with zero attached hydrogens (tertiary/aromatic N) is 2. The van der Waals surface area contributed by atoms with Crippen molar-refractivity contribution in [3.63, 3.8) is 0 Å². The van der Waals surface area contributed by atoms with Crippen molar-refractivity contribution in [2.75, 3.05) is 11.8 Å². The van der Waals surface area contributed by atoms with E-state index in [9.17, 15) is 13.5 Å². The van der Waals surface area contributed by atoms with Crippen LogP contribution in [0, 0.1) is 0 Å². The minimum atomic E-state index is -3.57. The van der Waals surface area contributed by atoms with Gasteiger partial charge in [-0.25, -0.2) is 9.71 Å². The van der Waals surface area contributed by atoms with Crippen LogP contribution in [0.25, 0.3) is 11.3 Å². The second-order valence-corrected chi connectivity index (χ2v) is 8.22. The standard InChI is InChI=1S/C20H24N4O3S/c1-15(25)11-19-20(17-8-4-3-5-9-17)22-14-24(19)13-16-7-6-10-18(12-16)23-28(26,27)21-2/h3-10,12,14-15,21,23,25H,11,13H2,1-2H3. The Kier molecular flexibility index (Phi) is 6.13. The molecule has 3 N–H and O–H groups in total. The molecule has 0 fully saturated rings. The van der Waals surface area contributed by atoms with Crippen LogP contribution < -0.4 is 9.44 Å². The van der Waals surface area contributed by atoms with Crippen LogP contribution in [0.4, 0.5) is 5.69 Å². The summed E-state index contributed by atoms with van der Waals surface area (Å²) in [6.07, 6.45) is 1.72. The first-order valence-electron chi connectivity index (χ1n) is 8.95. The summed E-state index contributed by atoms with van der Waals surface area (Å²) >= 11 is 0. The normalized spacial score (nSPS) is 12.7. The average molecular weight is 401 g/mol. The van der Waals surface area contributed by atoms with Crippen molar-refractivity contribution in [1.82, 2.24) is 14.3 Å². The Bertz CT molecular complexity index is 1030. The highest BCUT2D eigenvalue weighted by atomic mass is 32.2. The molecule has 0 aliphatic rings. The van der Waals surface area contributed by atoms with Gasteiger partial charge < -0.3 is 9.67 Å². The maximum Gasteiger partial charge on any atom is 0.298 e. The molecule has 0 radical (unpaired) electrons. The van der Waals surface area contributed by atoms with Crippen molar-refractivity contribution in [3.05, 3.63) is 72.2 Å². The quantitative estimate of drug-likeness (QED) is 0.541. The molecule has 1 unspecified atom stereocenters. The maximum atomic E-state index is 11.7. The molecule has 0 saturated heterocycles. The predicted molar refractivity (Wildman–Crippen MR) is 110 cm³/mol. The van der Waals surface area contributed by atoms with Gasteiger partial charge in [0.2, 0.25) is 0 Å². The Labute approximate surface area is 165 Å². The monoisotopic (exact) mass is 400 g/mol. The fourth-order valence-corrected chi connectivity index (χ4v) is 3.55. The Morgan fingerprint density at radius 2 is 1.89 bits per heavy atom. The minimum absolute atomic E-state index is 0.469. The molecule has 8 heteroatoms. The van der Waals surface area contributed by atoms with Crippen LogP contribution in [-0.4, -0.2) is 36.2 Å². The lowest BCUT2D eigenvalue weighted by Crippen LogP contribution is -2.26. The lowest BCUT2D eigenvalue weighted by atomic mass is 10.1. The van der Waals surface area contributed by atoms with Crippen LogP contribution in [0.1, 0.15) is 18.2 Å². The lowest BCUT2D eigenvalue weighted by molar-refractivity contribution is 0.193. The van der Waals surface area contributed by atoms with Crippen molar-refractivity contribution < 1.29 is 13.5 Å². The number of aliphatic hydroxyl groups excluding tert-OH is 1. The van der Waals surface area contributed by atoms with E-state index in [1.54, 1.807) is 31.5 Å². The van der Waals surface area contributed by atoms with E-state index in [1.165, 1.54) is 7.05 Å². The molecule has 0 spiro atoms. The molecule has 2 aromatic carbocycles. The fourth-order valence-electron chi connectivity index (χ4n) is 3.01. The van der Waals surface area contributed by atoms with Crippen LogP contribution >= 0.6 is 0 Å². The number of aromatic nitrogens is 2. The smallest absolute Gasteiger partial charge is 0.298 e. The molecule has 7 nitrogen and oxygen atoms in total. The summed E-state index contributed by atoms with van der Waals surface area (Å²) in [6, 6.07) is 17.0. The van der Waals surface area contributed by atoms with Gasteiger partial charge in [-0.3, -0.25) is 4.72 Å². The summed E-state index contributed by atoms with van der Waals surface area (Å²) in [5, 5.41) is 9.96. The van der Waals surface area contributed by atoms with Gasteiger partial charge in [0, 0.05) is 31.3 Å². The van der Waals surface area contributed by atoms with Crippen molar-refractivity contribution in [1.29, 1.82) is 0 Å². The lowest BCUT2D eigenvalue weighted by Gasteiger charge is -2.13. The molecule has 0 bridgehead atoms. The van der Waals surface area contributed by atoms with Crippen molar-refractivity contribution in [2.24, 2.45) is 0 Å². The van der Waals surface area contributed by atoms with Gasteiger partial charge in [0.1, 0.15) is 0 Å². The molecule has 0 aliphatic heterocycles. The number of aliphatic hydroxyl groups is 1. The van der Waals surface area contributed by atoms with Gasteiger partial charge in [0.25, 0.3) is 10.2 Å². The first-order chi connectivity index (χ1) is 13.4. The zero-order valence-electron chi connectivity index (χ0n) is 15.8. The summed E-state index contributed by atoms with van der Waals surface area (Å²) in [7, 11) is -2.22. The molecular weight excluding hydrogens is 376 g/mol. The summed E-state index contributed by atoms with van der Waals surface area (Å²) < 4.78 is 30.1. The third kappa shape index (κ3) is 4.98. The van der Waals surface area contributed by atoms with Crippen LogP contribution in [0.5, 0.6) is 0 Å². The largest absolute Gasteiger partial charge is 0.393 e. The fraction of sp³-hybridized carbons (Fsp3) is 0.250. The number of imidazole rings is 1. The molecule has 0 aliphatic carbocycles. The third-order valence-electron chi connectivity index (χ3n) is 4.28. The molecule has 1 aromatic heterocycles. The Morgan fingerprint density at radius 1 is 1.14 bits per heavy atom. The number of rotatable bonds is 8. The molecule has 3 aromatic rings. The van der Waals surface area contributed by atoms with Gasteiger partial charge in [0.05, 0.1) is 23.8 Å². The van der Waals surface area contributed by atoms with Gasteiger partial charge in [-0.1, -0.05) is 42.5 Å². The molecule has 0 amide bonds. The number of benzene rings is 2. The molecule has 1 heterocycles. The zero-order valence-corrected chi connectivity index (χ0v) is 16.6. The summed E-state index contributed by atoms with van der Waals surface area (Å²) in [5.74, 6) is 0. The number of anilines is 1. The summed E-state index contributed by atoms with van der Waals surface area (Å²) in [4.78, 5) is 4.56. The van der Waals surface area contributed by atoms with Crippen LogP contribution in [0.3, 0.4) is 0 Å².